The zero-order valence-corrected chi connectivity index (χ0v) is 10.7. The highest BCUT2D eigenvalue weighted by atomic mass is 35.5. The Balaban J connectivity index is 2.00. The average molecular weight is 267 g/mol. The van der Waals surface area contributed by atoms with E-state index in [0.29, 0.717) is 18.1 Å². The van der Waals surface area contributed by atoms with Gasteiger partial charge in [-0.05, 0) is 24.1 Å². The lowest BCUT2D eigenvalue weighted by atomic mass is 10.1. The summed E-state index contributed by atoms with van der Waals surface area (Å²) < 4.78 is 0. The second-order valence-electron chi connectivity index (χ2n) is 4.33. The summed E-state index contributed by atoms with van der Waals surface area (Å²) in [6.07, 6.45) is 1.08. The van der Waals surface area contributed by atoms with Crippen LogP contribution in [-0.4, -0.2) is 36.3 Å². The molecular weight excluding hydrogens is 252 g/mol. The second kappa shape index (κ2) is 5.87. The molecule has 0 saturated carbocycles. The fourth-order valence-electron chi connectivity index (χ4n) is 1.95. The van der Waals surface area contributed by atoms with Crippen molar-refractivity contribution in [2.24, 2.45) is 0 Å². The maximum absolute atomic E-state index is 12.1. The Morgan fingerprint density at radius 1 is 1.44 bits per heavy atom. The molecule has 0 spiro atoms. The number of nitrogens with zero attached hydrogens (tertiary/aromatic N) is 1. The van der Waals surface area contributed by atoms with E-state index in [4.69, 9.17) is 11.6 Å². The monoisotopic (exact) mass is 266 g/mol. The van der Waals surface area contributed by atoms with Gasteiger partial charge in [0, 0.05) is 18.1 Å². The highest BCUT2D eigenvalue weighted by molar-refractivity contribution is 6.30. The lowest BCUT2D eigenvalue weighted by Gasteiger charge is -2.18. The minimum absolute atomic E-state index is 0.0330. The van der Waals surface area contributed by atoms with Gasteiger partial charge in [-0.1, -0.05) is 23.7 Å². The second-order valence-corrected chi connectivity index (χ2v) is 4.76. The molecule has 0 atom stereocenters. The number of nitrogens with one attached hydrogen (secondary N) is 1. The van der Waals surface area contributed by atoms with Gasteiger partial charge in [0.2, 0.25) is 11.8 Å². The van der Waals surface area contributed by atoms with E-state index in [1.807, 2.05) is 12.1 Å². The number of carbonyl (C=O) groups is 2. The Bertz CT molecular complexity index is 462. The maximum Gasteiger partial charge on any atom is 0.239 e. The van der Waals surface area contributed by atoms with Crippen LogP contribution in [0.15, 0.2) is 24.3 Å². The van der Waals surface area contributed by atoms with Crippen LogP contribution < -0.4 is 5.32 Å². The van der Waals surface area contributed by atoms with Gasteiger partial charge >= 0.3 is 0 Å². The van der Waals surface area contributed by atoms with E-state index in [9.17, 15) is 9.59 Å². The van der Waals surface area contributed by atoms with Crippen LogP contribution in [-0.2, 0) is 16.0 Å². The lowest BCUT2D eigenvalue weighted by Crippen LogP contribution is -2.38. The quantitative estimate of drug-likeness (QED) is 0.875. The SMILES string of the molecule is O=C1CN(C(=O)Cc2cccc(Cl)c2)CCCN1. The van der Waals surface area contributed by atoms with Gasteiger partial charge in [0.25, 0.3) is 0 Å². The number of rotatable bonds is 2. The molecule has 2 amide bonds. The molecular formula is C13H15ClN2O2. The van der Waals surface area contributed by atoms with Gasteiger partial charge in [-0.25, -0.2) is 0 Å². The first-order valence-electron chi connectivity index (χ1n) is 5.94. The number of hydrogen-bond donors (Lipinski definition) is 1. The molecule has 1 heterocycles. The molecule has 4 nitrogen and oxygen atoms in total. The molecule has 5 heteroatoms. The van der Waals surface area contributed by atoms with Crippen molar-refractivity contribution in [2.75, 3.05) is 19.6 Å². The average Bonchev–Trinajstić information content (AvgIpc) is 2.54. The van der Waals surface area contributed by atoms with E-state index in [-0.39, 0.29) is 24.8 Å². The van der Waals surface area contributed by atoms with Crippen molar-refractivity contribution in [3.8, 4) is 0 Å². The first-order valence-corrected chi connectivity index (χ1v) is 6.32. The minimum Gasteiger partial charge on any atom is -0.354 e. The number of halogens is 1. The third-order valence-electron chi connectivity index (χ3n) is 2.86. The van der Waals surface area contributed by atoms with E-state index >= 15 is 0 Å². The number of benzene rings is 1. The number of hydrogen-bond acceptors (Lipinski definition) is 2. The molecule has 0 unspecified atom stereocenters. The molecule has 1 N–H and O–H groups in total. The van der Waals surface area contributed by atoms with E-state index in [2.05, 4.69) is 5.32 Å². The third-order valence-corrected chi connectivity index (χ3v) is 3.09. The summed E-state index contributed by atoms with van der Waals surface area (Å²) in [6.45, 7) is 1.41. The Morgan fingerprint density at radius 3 is 3.06 bits per heavy atom. The summed E-state index contributed by atoms with van der Waals surface area (Å²) in [6, 6.07) is 7.23. The molecule has 1 saturated heterocycles. The fraction of sp³-hybridized carbons (Fsp3) is 0.385. The summed E-state index contributed by atoms with van der Waals surface area (Å²) in [5.74, 6) is -0.124. The van der Waals surface area contributed by atoms with Crippen LogP contribution in [0.2, 0.25) is 5.02 Å². The zero-order valence-electron chi connectivity index (χ0n) is 9.99. The smallest absolute Gasteiger partial charge is 0.239 e. The van der Waals surface area contributed by atoms with E-state index in [0.717, 1.165) is 12.0 Å². The fourth-order valence-corrected chi connectivity index (χ4v) is 2.17. The van der Waals surface area contributed by atoms with Crippen LogP contribution in [0.5, 0.6) is 0 Å². The Labute approximate surface area is 111 Å². The van der Waals surface area contributed by atoms with E-state index < -0.39 is 0 Å². The van der Waals surface area contributed by atoms with Gasteiger partial charge in [-0.3, -0.25) is 9.59 Å². The molecule has 0 aromatic heterocycles. The predicted molar refractivity (Wildman–Crippen MR) is 69.4 cm³/mol. The Hall–Kier alpha value is -1.55. The molecule has 1 fully saturated rings. The van der Waals surface area contributed by atoms with Crippen molar-refractivity contribution in [1.82, 2.24) is 10.2 Å². The highest BCUT2D eigenvalue weighted by Gasteiger charge is 2.19. The molecule has 18 heavy (non-hydrogen) atoms. The number of carbonyl (C=O) groups excluding carboxylic acids is 2. The van der Waals surface area contributed by atoms with Crippen molar-refractivity contribution in [1.29, 1.82) is 0 Å². The maximum atomic E-state index is 12.1. The van der Waals surface area contributed by atoms with Crippen LogP contribution in [0, 0.1) is 0 Å². The topological polar surface area (TPSA) is 49.4 Å². The third kappa shape index (κ3) is 3.47. The normalized spacial score (nSPS) is 16.1. The van der Waals surface area contributed by atoms with Crippen LogP contribution in [0.3, 0.4) is 0 Å². The molecule has 1 aliphatic rings. The van der Waals surface area contributed by atoms with E-state index in [1.165, 1.54) is 0 Å². The standard InChI is InChI=1S/C13H15ClN2O2/c14-11-4-1-3-10(7-11)8-13(18)16-6-2-5-15-12(17)9-16/h1,3-4,7H,2,5-6,8-9H2,(H,15,17). The van der Waals surface area contributed by atoms with Crippen LogP contribution in [0.4, 0.5) is 0 Å². The van der Waals surface area contributed by atoms with Crippen molar-refractivity contribution < 1.29 is 9.59 Å². The van der Waals surface area contributed by atoms with Gasteiger partial charge in [-0.15, -0.1) is 0 Å². The lowest BCUT2D eigenvalue weighted by molar-refractivity contribution is -0.134. The van der Waals surface area contributed by atoms with Gasteiger partial charge in [0.05, 0.1) is 13.0 Å². The Morgan fingerprint density at radius 2 is 2.28 bits per heavy atom. The van der Waals surface area contributed by atoms with Crippen LogP contribution >= 0.6 is 11.6 Å². The number of amides is 2. The van der Waals surface area contributed by atoms with Crippen LogP contribution in [0.1, 0.15) is 12.0 Å². The first kappa shape index (κ1) is 12.9. The van der Waals surface area contributed by atoms with Crippen molar-refractivity contribution in [3.05, 3.63) is 34.9 Å². The highest BCUT2D eigenvalue weighted by Crippen LogP contribution is 2.12. The van der Waals surface area contributed by atoms with Crippen molar-refractivity contribution >= 4 is 23.4 Å². The van der Waals surface area contributed by atoms with E-state index in [1.54, 1.807) is 17.0 Å². The molecule has 2 rings (SSSR count). The summed E-state index contributed by atoms with van der Waals surface area (Å²) in [5.41, 5.74) is 0.872. The van der Waals surface area contributed by atoms with Gasteiger partial charge in [0.15, 0.2) is 0 Å². The molecule has 1 aliphatic heterocycles. The predicted octanol–water partition coefficient (Wildman–Crippen LogP) is 1.23. The molecule has 1 aromatic carbocycles. The zero-order chi connectivity index (χ0) is 13.0. The molecule has 96 valence electrons. The van der Waals surface area contributed by atoms with Crippen molar-refractivity contribution in [2.45, 2.75) is 12.8 Å². The molecule has 0 radical (unpaired) electrons. The molecule has 0 aliphatic carbocycles. The van der Waals surface area contributed by atoms with Crippen molar-refractivity contribution in [3.63, 3.8) is 0 Å². The first-order chi connectivity index (χ1) is 8.65. The van der Waals surface area contributed by atoms with Gasteiger partial charge in [0.1, 0.15) is 0 Å². The summed E-state index contributed by atoms with van der Waals surface area (Å²) in [7, 11) is 0. The minimum atomic E-state index is -0.0908. The summed E-state index contributed by atoms with van der Waals surface area (Å²) in [4.78, 5) is 25.1. The largest absolute Gasteiger partial charge is 0.354 e. The summed E-state index contributed by atoms with van der Waals surface area (Å²) in [5, 5.41) is 3.37. The molecule has 0 bridgehead atoms. The van der Waals surface area contributed by atoms with Gasteiger partial charge < -0.3 is 10.2 Å². The Kier molecular flexibility index (Phi) is 4.20. The van der Waals surface area contributed by atoms with Crippen LogP contribution in [0.25, 0.3) is 0 Å². The molecule has 1 aromatic rings. The van der Waals surface area contributed by atoms with Gasteiger partial charge in [-0.2, -0.15) is 0 Å². The summed E-state index contributed by atoms with van der Waals surface area (Å²) >= 11 is 5.87.